The van der Waals surface area contributed by atoms with Crippen molar-refractivity contribution in [2.45, 2.75) is 31.4 Å². The first-order chi connectivity index (χ1) is 9.81. The van der Waals surface area contributed by atoms with Gasteiger partial charge in [0, 0.05) is 12.0 Å². The zero-order valence-corrected chi connectivity index (χ0v) is 11.8. The van der Waals surface area contributed by atoms with Gasteiger partial charge in [0.05, 0.1) is 17.7 Å². The molecule has 1 saturated carbocycles. The molecule has 0 spiro atoms. The molecular weight excluding hydrogens is 274 g/mol. The monoisotopic (exact) mass is 289 g/mol. The number of hydrogen-bond donors (Lipinski definition) is 1. The predicted octanol–water partition coefficient (Wildman–Crippen LogP) is 3.26. The molecule has 0 bridgehead atoms. The average molecular weight is 290 g/mol. The topological polar surface area (TPSA) is 47.0 Å². The van der Waals surface area contributed by atoms with Gasteiger partial charge >= 0.3 is 0 Å². The molecule has 2 atom stereocenters. The normalized spacial score (nSPS) is 26.1. The number of fused-ring (bicyclic) bond motifs is 1. The second-order valence-electron chi connectivity index (χ2n) is 5.57. The Balaban J connectivity index is 1.67. The Morgan fingerprint density at radius 1 is 1.15 bits per heavy atom. The lowest BCUT2D eigenvalue weighted by atomic mass is 10.1. The highest BCUT2D eigenvalue weighted by atomic mass is 35.5. The quantitative estimate of drug-likeness (QED) is 0.881. The van der Waals surface area contributed by atoms with Crippen LogP contribution in [-0.2, 0) is 4.74 Å². The van der Waals surface area contributed by atoms with Crippen molar-refractivity contribution in [1.82, 2.24) is 9.97 Å². The SMILES string of the molecule is Clc1nc(NC2CCOC2C2CC2)c2ccccc2n1. The van der Waals surface area contributed by atoms with Crippen LogP contribution < -0.4 is 5.32 Å². The molecule has 4 rings (SSSR count). The van der Waals surface area contributed by atoms with Crippen molar-refractivity contribution in [3.05, 3.63) is 29.5 Å². The van der Waals surface area contributed by atoms with Gasteiger partial charge in [-0.05, 0) is 48.9 Å². The van der Waals surface area contributed by atoms with Crippen LogP contribution in [0.3, 0.4) is 0 Å². The number of anilines is 1. The van der Waals surface area contributed by atoms with E-state index in [1.807, 2.05) is 24.3 Å². The molecule has 0 amide bonds. The van der Waals surface area contributed by atoms with Gasteiger partial charge in [-0.15, -0.1) is 0 Å². The second kappa shape index (κ2) is 4.86. The first kappa shape index (κ1) is 12.4. The molecule has 1 aromatic heterocycles. The Bertz CT molecular complexity index is 644. The van der Waals surface area contributed by atoms with Crippen molar-refractivity contribution in [3.8, 4) is 0 Å². The Kier molecular flexibility index (Phi) is 3.00. The molecule has 2 heterocycles. The average Bonchev–Trinajstić information content (AvgIpc) is 3.19. The summed E-state index contributed by atoms with van der Waals surface area (Å²) in [6, 6.07) is 8.26. The summed E-state index contributed by atoms with van der Waals surface area (Å²) in [6.07, 6.45) is 3.92. The molecule has 2 aromatic rings. The van der Waals surface area contributed by atoms with Crippen LogP contribution in [0.5, 0.6) is 0 Å². The maximum absolute atomic E-state index is 6.03. The molecule has 1 N–H and O–H groups in total. The van der Waals surface area contributed by atoms with Crippen LogP contribution in [-0.4, -0.2) is 28.7 Å². The fourth-order valence-electron chi connectivity index (χ4n) is 2.99. The fourth-order valence-corrected chi connectivity index (χ4v) is 3.16. The molecule has 2 unspecified atom stereocenters. The zero-order valence-electron chi connectivity index (χ0n) is 11.1. The van der Waals surface area contributed by atoms with Crippen LogP contribution in [0.15, 0.2) is 24.3 Å². The first-order valence-corrected chi connectivity index (χ1v) is 7.49. The van der Waals surface area contributed by atoms with E-state index in [0.717, 1.165) is 35.7 Å². The van der Waals surface area contributed by atoms with E-state index in [2.05, 4.69) is 15.3 Å². The van der Waals surface area contributed by atoms with E-state index in [4.69, 9.17) is 16.3 Å². The minimum absolute atomic E-state index is 0.285. The van der Waals surface area contributed by atoms with Crippen molar-refractivity contribution >= 4 is 28.3 Å². The van der Waals surface area contributed by atoms with Gasteiger partial charge in [-0.2, -0.15) is 0 Å². The number of nitrogens with one attached hydrogen (secondary N) is 1. The highest BCUT2D eigenvalue weighted by Crippen LogP contribution is 2.39. The minimum Gasteiger partial charge on any atom is -0.376 e. The zero-order chi connectivity index (χ0) is 13.5. The van der Waals surface area contributed by atoms with E-state index >= 15 is 0 Å². The summed E-state index contributed by atoms with van der Waals surface area (Å²) in [4.78, 5) is 8.63. The molecule has 2 fully saturated rings. The van der Waals surface area contributed by atoms with Gasteiger partial charge in [0.2, 0.25) is 5.28 Å². The third-order valence-electron chi connectivity index (χ3n) is 4.12. The Morgan fingerprint density at radius 2 is 2.00 bits per heavy atom. The van der Waals surface area contributed by atoms with E-state index in [-0.39, 0.29) is 5.28 Å². The van der Waals surface area contributed by atoms with Gasteiger partial charge in [0.25, 0.3) is 0 Å². The Morgan fingerprint density at radius 3 is 2.85 bits per heavy atom. The number of rotatable bonds is 3. The van der Waals surface area contributed by atoms with Gasteiger partial charge in [-0.25, -0.2) is 9.97 Å². The summed E-state index contributed by atoms with van der Waals surface area (Å²) < 4.78 is 5.87. The van der Waals surface area contributed by atoms with Crippen LogP contribution >= 0.6 is 11.6 Å². The standard InChI is InChI=1S/C15H16ClN3O/c16-15-18-11-4-2-1-3-10(11)14(19-15)17-12-7-8-20-13(12)9-5-6-9/h1-4,9,12-13H,5-8H2,(H,17,18,19). The van der Waals surface area contributed by atoms with Crippen LogP contribution in [0.2, 0.25) is 5.28 Å². The largest absolute Gasteiger partial charge is 0.376 e. The van der Waals surface area contributed by atoms with E-state index < -0.39 is 0 Å². The third-order valence-corrected chi connectivity index (χ3v) is 4.29. The summed E-state index contributed by atoms with van der Waals surface area (Å²) >= 11 is 6.03. The fraction of sp³-hybridized carbons (Fsp3) is 0.467. The number of benzene rings is 1. The van der Waals surface area contributed by atoms with Crippen molar-refractivity contribution < 1.29 is 4.74 Å². The Labute approximate surface area is 122 Å². The van der Waals surface area contributed by atoms with Crippen LogP contribution in [0.25, 0.3) is 10.9 Å². The molecule has 1 aliphatic heterocycles. The molecule has 2 aliphatic rings. The third kappa shape index (κ3) is 2.23. The smallest absolute Gasteiger partial charge is 0.224 e. The summed E-state index contributed by atoms with van der Waals surface area (Å²) in [7, 11) is 0. The van der Waals surface area contributed by atoms with Crippen molar-refractivity contribution in [3.63, 3.8) is 0 Å². The Hall–Kier alpha value is -1.39. The maximum atomic E-state index is 6.03. The lowest BCUT2D eigenvalue weighted by molar-refractivity contribution is 0.0898. The number of ether oxygens (including phenoxy) is 1. The molecule has 1 aliphatic carbocycles. The van der Waals surface area contributed by atoms with E-state index in [1.165, 1.54) is 12.8 Å². The summed E-state index contributed by atoms with van der Waals surface area (Å²) in [5.74, 6) is 1.54. The van der Waals surface area contributed by atoms with Crippen molar-refractivity contribution in [1.29, 1.82) is 0 Å². The van der Waals surface area contributed by atoms with Gasteiger partial charge in [-0.3, -0.25) is 0 Å². The molecule has 4 nitrogen and oxygen atoms in total. The maximum Gasteiger partial charge on any atom is 0.224 e. The number of halogens is 1. The van der Waals surface area contributed by atoms with Crippen LogP contribution in [0, 0.1) is 5.92 Å². The highest BCUT2D eigenvalue weighted by molar-refractivity contribution is 6.28. The highest BCUT2D eigenvalue weighted by Gasteiger charge is 2.40. The lowest BCUT2D eigenvalue weighted by Gasteiger charge is -2.20. The van der Waals surface area contributed by atoms with Crippen molar-refractivity contribution in [2.75, 3.05) is 11.9 Å². The predicted molar refractivity (Wildman–Crippen MR) is 79.0 cm³/mol. The van der Waals surface area contributed by atoms with Gasteiger partial charge in [0.1, 0.15) is 5.82 Å². The van der Waals surface area contributed by atoms with E-state index in [0.29, 0.717) is 12.1 Å². The van der Waals surface area contributed by atoms with Gasteiger partial charge in [-0.1, -0.05) is 12.1 Å². The molecular formula is C15H16ClN3O. The number of para-hydroxylation sites is 1. The first-order valence-electron chi connectivity index (χ1n) is 7.12. The van der Waals surface area contributed by atoms with Crippen LogP contribution in [0.1, 0.15) is 19.3 Å². The van der Waals surface area contributed by atoms with Gasteiger partial charge < -0.3 is 10.1 Å². The van der Waals surface area contributed by atoms with E-state index in [9.17, 15) is 0 Å². The molecule has 20 heavy (non-hydrogen) atoms. The van der Waals surface area contributed by atoms with Crippen LogP contribution in [0.4, 0.5) is 5.82 Å². The summed E-state index contributed by atoms with van der Waals surface area (Å²) in [6.45, 7) is 0.829. The number of aromatic nitrogens is 2. The lowest BCUT2D eigenvalue weighted by Crippen LogP contribution is -2.31. The minimum atomic E-state index is 0.285. The second-order valence-corrected chi connectivity index (χ2v) is 5.91. The molecule has 1 saturated heterocycles. The summed E-state index contributed by atoms with van der Waals surface area (Å²) in [5.41, 5.74) is 0.872. The number of hydrogen-bond acceptors (Lipinski definition) is 4. The summed E-state index contributed by atoms with van der Waals surface area (Å²) in [5, 5.41) is 4.83. The molecule has 5 heteroatoms. The number of nitrogens with zero attached hydrogens (tertiary/aromatic N) is 2. The van der Waals surface area contributed by atoms with E-state index in [1.54, 1.807) is 0 Å². The molecule has 0 radical (unpaired) electrons. The molecule has 1 aromatic carbocycles. The molecule has 104 valence electrons. The van der Waals surface area contributed by atoms with Gasteiger partial charge in [0.15, 0.2) is 0 Å². The van der Waals surface area contributed by atoms with Crippen molar-refractivity contribution in [2.24, 2.45) is 5.92 Å².